The number of carbonyl (C=O) groups is 1. The fourth-order valence-electron chi connectivity index (χ4n) is 4.15. The van der Waals surface area contributed by atoms with E-state index in [0.717, 1.165) is 23.8 Å². The van der Waals surface area contributed by atoms with E-state index in [-0.39, 0.29) is 5.95 Å². The zero-order valence-corrected chi connectivity index (χ0v) is 14.9. The van der Waals surface area contributed by atoms with Crippen molar-refractivity contribution in [2.45, 2.75) is 32.3 Å². The normalized spacial score (nSPS) is 22.9. The Morgan fingerprint density at radius 2 is 1.89 bits per heavy atom. The van der Waals surface area contributed by atoms with Crippen LogP contribution in [0, 0.1) is 17.8 Å². The number of hydrogen-bond acceptors (Lipinski definition) is 6. The molecule has 1 aromatic carbocycles. The molecule has 2 aliphatic carbocycles. The van der Waals surface area contributed by atoms with Gasteiger partial charge in [0.05, 0.1) is 6.33 Å². The van der Waals surface area contributed by atoms with E-state index in [9.17, 15) is 4.79 Å². The number of ether oxygens (including phenoxy) is 1. The van der Waals surface area contributed by atoms with Crippen LogP contribution in [0.25, 0.3) is 11.2 Å². The number of nitrogens with one attached hydrogen (secondary N) is 1. The number of nitrogens with two attached hydrogens (primary N) is 1. The number of Topliss-reactive ketones (excluding diaryl/α,β-unsaturated/α-hetero) is 1. The summed E-state index contributed by atoms with van der Waals surface area (Å²) in [4.78, 5) is 27.4. The number of hydrogen-bond donors (Lipinski definition) is 2. The lowest BCUT2D eigenvalue weighted by molar-refractivity contribution is -0.120. The topological polar surface area (TPSA) is 107 Å². The molecule has 3 aromatic rings. The molecule has 0 aliphatic heterocycles. The van der Waals surface area contributed by atoms with Crippen molar-refractivity contribution in [2.24, 2.45) is 17.8 Å². The molecule has 0 spiro atoms. The second-order valence-corrected chi connectivity index (χ2v) is 7.49. The molecule has 2 unspecified atom stereocenters. The van der Waals surface area contributed by atoms with Crippen LogP contribution < -0.4 is 10.5 Å². The minimum Gasteiger partial charge on any atom is -0.471 e. The Balaban J connectivity index is 1.18. The molecule has 138 valence electrons. The van der Waals surface area contributed by atoms with Gasteiger partial charge in [0.25, 0.3) is 0 Å². The lowest BCUT2D eigenvalue weighted by atomic mass is 10.0. The molecule has 2 fully saturated rings. The second-order valence-electron chi connectivity index (χ2n) is 7.49. The maximum Gasteiger partial charge on any atom is 0.245 e. The van der Waals surface area contributed by atoms with E-state index < -0.39 is 0 Å². The van der Waals surface area contributed by atoms with Crippen molar-refractivity contribution in [2.75, 3.05) is 5.73 Å². The average Bonchev–Trinajstić information content (AvgIpc) is 2.97. The van der Waals surface area contributed by atoms with E-state index in [4.69, 9.17) is 10.5 Å². The van der Waals surface area contributed by atoms with Gasteiger partial charge in [-0.3, -0.25) is 4.79 Å². The maximum absolute atomic E-state index is 12.2. The standard InChI is InChI=1S/C20H21N5O2/c21-20-24-18-17(22-10-23-18)19(25-20)27-9-12-3-1-11(2-4-12)5-8-15(26)16-13-6-7-14(13)16/h1-4,10,13-14,16H,5-9H2,(H3,21,22,23,24,25). The molecule has 2 saturated carbocycles. The molecule has 3 N–H and O–H groups in total. The Bertz CT molecular complexity index is 987. The van der Waals surface area contributed by atoms with Gasteiger partial charge in [0.15, 0.2) is 5.65 Å². The number of imidazole rings is 1. The Morgan fingerprint density at radius 3 is 2.63 bits per heavy atom. The Labute approximate surface area is 156 Å². The van der Waals surface area contributed by atoms with Crippen molar-refractivity contribution in [3.63, 3.8) is 0 Å². The van der Waals surface area contributed by atoms with Crippen molar-refractivity contribution in [3.8, 4) is 5.88 Å². The summed E-state index contributed by atoms with van der Waals surface area (Å²) in [6, 6.07) is 8.17. The van der Waals surface area contributed by atoms with Gasteiger partial charge in [0, 0.05) is 12.3 Å². The molecule has 2 aromatic heterocycles. The lowest BCUT2D eigenvalue weighted by Gasteiger charge is -2.07. The zero-order chi connectivity index (χ0) is 18.4. The summed E-state index contributed by atoms with van der Waals surface area (Å²) in [5.74, 6) is 2.83. The van der Waals surface area contributed by atoms with Crippen molar-refractivity contribution in [1.82, 2.24) is 19.9 Å². The Morgan fingerprint density at radius 1 is 1.15 bits per heavy atom. The molecule has 2 heterocycles. The first-order valence-electron chi connectivity index (χ1n) is 9.39. The van der Waals surface area contributed by atoms with Gasteiger partial charge >= 0.3 is 0 Å². The minimum atomic E-state index is 0.133. The molecule has 0 amide bonds. The summed E-state index contributed by atoms with van der Waals surface area (Å²) in [5.41, 5.74) is 9.02. The molecule has 27 heavy (non-hydrogen) atoms. The first-order valence-corrected chi connectivity index (χ1v) is 9.39. The van der Waals surface area contributed by atoms with Gasteiger partial charge in [-0.2, -0.15) is 9.97 Å². The van der Waals surface area contributed by atoms with Crippen LogP contribution in [0.2, 0.25) is 0 Å². The van der Waals surface area contributed by atoms with E-state index in [1.807, 2.05) is 12.1 Å². The molecule has 0 bridgehead atoms. The molecule has 2 aliphatic rings. The fourth-order valence-corrected chi connectivity index (χ4v) is 4.15. The highest BCUT2D eigenvalue weighted by Crippen LogP contribution is 2.61. The van der Waals surface area contributed by atoms with Crippen LogP contribution in [0.4, 0.5) is 5.95 Å². The van der Waals surface area contributed by atoms with Crippen molar-refractivity contribution < 1.29 is 9.53 Å². The zero-order valence-electron chi connectivity index (χ0n) is 14.9. The van der Waals surface area contributed by atoms with E-state index in [1.54, 1.807) is 0 Å². The number of benzene rings is 1. The largest absolute Gasteiger partial charge is 0.471 e. The van der Waals surface area contributed by atoms with E-state index >= 15 is 0 Å². The van der Waals surface area contributed by atoms with Crippen LogP contribution in [-0.4, -0.2) is 25.7 Å². The quantitative estimate of drug-likeness (QED) is 0.668. The van der Waals surface area contributed by atoms with Gasteiger partial charge in [-0.1, -0.05) is 24.3 Å². The van der Waals surface area contributed by atoms with Gasteiger partial charge in [0.1, 0.15) is 17.9 Å². The molecule has 7 nitrogen and oxygen atoms in total. The molecule has 2 atom stereocenters. The Kier molecular flexibility index (Phi) is 3.81. The number of rotatable bonds is 7. The van der Waals surface area contributed by atoms with Gasteiger partial charge < -0.3 is 15.5 Å². The number of nitrogen functional groups attached to an aromatic ring is 1. The first kappa shape index (κ1) is 16.2. The number of nitrogens with zero attached hydrogens (tertiary/aromatic N) is 3. The Hall–Kier alpha value is -2.96. The van der Waals surface area contributed by atoms with Gasteiger partial charge in [-0.25, -0.2) is 4.98 Å². The molecule has 5 rings (SSSR count). The summed E-state index contributed by atoms with van der Waals surface area (Å²) < 4.78 is 5.80. The van der Waals surface area contributed by atoms with E-state index in [2.05, 4.69) is 32.1 Å². The molecular formula is C20H21N5O2. The maximum atomic E-state index is 12.2. The van der Waals surface area contributed by atoms with E-state index in [1.165, 1.54) is 24.7 Å². The molecule has 7 heteroatoms. The van der Waals surface area contributed by atoms with Crippen LogP contribution in [0.3, 0.4) is 0 Å². The SMILES string of the molecule is Nc1nc(OCc2ccc(CCC(=O)C3C4CCC43)cc2)c2[nH]cnc2n1. The summed E-state index contributed by atoms with van der Waals surface area (Å²) in [6.07, 6.45) is 5.53. The highest BCUT2D eigenvalue weighted by molar-refractivity contribution is 5.85. The van der Waals surface area contributed by atoms with Crippen LogP contribution in [0.1, 0.15) is 30.4 Å². The minimum absolute atomic E-state index is 0.133. The summed E-state index contributed by atoms with van der Waals surface area (Å²) in [7, 11) is 0. The van der Waals surface area contributed by atoms with Crippen LogP contribution in [0.5, 0.6) is 5.88 Å². The number of H-pyrrole nitrogens is 1. The third-order valence-corrected chi connectivity index (χ3v) is 5.87. The number of anilines is 1. The lowest BCUT2D eigenvalue weighted by Crippen LogP contribution is -2.04. The number of aryl methyl sites for hydroxylation is 1. The summed E-state index contributed by atoms with van der Waals surface area (Å²) >= 11 is 0. The predicted octanol–water partition coefficient (Wildman–Crippen LogP) is 2.67. The monoisotopic (exact) mass is 363 g/mol. The number of aromatic nitrogens is 4. The fraction of sp³-hybridized carbons (Fsp3) is 0.400. The highest BCUT2D eigenvalue weighted by Gasteiger charge is 2.59. The molecule has 0 radical (unpaired) electrons. The smallest absolute Gasteiger partial charge is 0.245 e. The molecular weight excluding hydrogens is 342 g/mol. The third kappa shape index (κ3) is 3.03. The number of fused-ring (bicyclic) bond motifs is 2. The number of ketones is 1. The van der Waals surface area contributed by atoms with Gasteiger partial charge in [-0.15, -0.1) is 0 Å². The van der Waals surface area contributed by atoms with Crippen molar-refractivity contribution >= 4 is 22.9 Å². The van der Waals surface area contributed by atoms with Crippen LogP contribution in [-0.2, 0) is 17.8 Å². The van der Waals surface area contributed by atoms with Crippen molar-refractivity contribution in [3.05, 3.63) is 41.7 Å². The summed E-state index contributed by atoms with van der Waals surface area (Å²) in [5, 5.41) is 0. The molecule has 0 saturated heterocycles. The van der Waals surface area contributed by atoms with Gasteiger partial charge in [0.2, 0.25) is 11.8 Å². The van der Waals surface area contributed by atoms with E-state index in [0.29, 0.717) is 41.8 Å². The number of carbonyl (C=O) groups excluding carboxylic acids is 1. The predicted molar refractivity (Wildman–Crippen MR) is 99.9 cm³/mol. The second kappa shape index (κ2) is 6.33. The van der Waals surface area contributed by atoms with Crippen molar-refractivity contribution in [1.29, 1.82) is 0 Å². The first-order chi connectivity index (χ1) is 13.2. The summed E-state index contributed by atoms with van der Waals surface area (Å²) in [6.45, 7) is 0.370. The van der Waals surface area contributed by atoms with Gasteiger partial charge in [-0.05, 0) is 42.2 Å². The number of aromatic amines is 1. The average molecular weight is 363 g/mol. The van der Waals surface area contributed by atoms with Crippen LogP contribution in [0.15, 0.2) is 30.6 Å². The van der Waals surface area contributed by atoms with Crippen LogP contribution >= 0.6 is 0 Å². The highest BCUT2D eigenvalue weighted by atomic mass is 16.5. The third-order valence-electron chi connectivity index (χ3n) is 5.87.